The highest BCUT2D eigenvalue weighted by molar-refractivity contribution is 5.99. The molecular formula is C22H22F3N5O4. The average molecular weight is 477 g/mol. The Morgan fingerprint density at radius 2 is 1.97 bits per heavy atom. The SMILES string of the molecule is CCN1CCN(C(=O)c2nc(-c3ccc(OC)c4nc(C(F)(F)F)ccc34)oc2CN)CC1=O. The smallest absolute Gasteiger partial charge is 0.433 e. The number of aromatic nitrogens is 2. The van der Waals surface area contributed by atoms with Crippen LogP contribution in [0.4, 0.5) is 13.2 Å². The van der Waals surface area contributed by atoms with Crippen LogP contribution in [0.25, 0.3) is 22.4 Å². The van der Waals surface area contributed by atoms with E-state index in [9.17, 15) is 22.8 Å². The van der Waals surface area contributed by atoms with Crippen LogP contribution >= 0.6 is 0 Å². The Balaban J connectivity index is 1.75. The van der Waals surface area contributed by atoms with Crippen molar-refractivity contribution in [2.45, 2.75) is 19.6 Å². The molecule has 0 aliphatic carbocycles. The fraction of sp³-hybridized carbons (Fsp3) is 0.364. The van der Waals surface area contributed by atoms with E-state index in [0.29, 0.717) is 30.6 Å². The number of amides is 2. The van der Waals surface area contributed by atoms with Crippen LogP contribution in [0, 0.1) is 0 Å². The molecule has 3 heterocycles. The lowest BCUT2D eigenvalue weighted by molar-refractivity contribution is -0.141. The van der Waals surface area contributed by atoms with Crippen molar-refractivity contribution in [2.24, 2.45) is 5.73 Å². The molecule has 0 saturated carbocycles. The lowest BCUT2D eigenvalue weighted by Gasteiger charge is -2.33. The van der Waals surface area contributed by atoms with Gasteiger partial charge in [0, 0.05) is 30.6 Å². The zero-order valence-corrected chi connectivity index (χ0v) is 18.5. The van der Waals surface area contributed by atoms with Crippen LogP contribution in [0.1, 0.15) is 28.9 Å². The van der Waals surface area contributed by atoms with Crippen molar-refractivity contribution in [1.82, 2.24) is 19.8 Å². The summed E-state index contributed by atoms with van der Waals surface area (Å²) in [4.78, 5) is 36.4. The van der Waals surface area contributed by atoms with E-state index in [2.05, 4.69) is 9.97 Å². The van der Waals surface area contributed by atoms with Gasteiger partial charge in [-0.25, -0.2) is 9.97 Å². The topological polar surface area (TPSA) is 115 Å². The fourth-order valence-electron chi connectivity index (χ4n) is 3.84. The number of hydrogen-bond donors (Lipinski definition) is 1. The molecule has 0 unspecified atom stereocenters. The second-order valence-electron chi connectivity index (χ2n) is 7.60. The Labute approximate surface area is 192 Å². The molecule has 1 fully saturated rings. The summed E-state index contributed by atoms with van der Waals surface area (Å²) in [6.45, 7) is 2.92. The van der Waals surface area contributed by atoms with Gasteiger partial charge in [0.1, 0.15) is 23.5 Å². The second-order valence-corrected chi connectivity index (χ2v) is 7.60. The first-order chi connectivity index (χ1) is 16.2. The van der Waals surface area contributed by atoms with Gasteiger partial charge < -0.3 is 24.7 Å². The first-order valence-corrected chi connectivity index (χ1v) is 10.5. The van der Waals surface area contributed by atoms with Crippen LogP contribution in [-0.2, 0) is 17.5 Å². The standard InChI is InChI=1S/C22H22F3N5O4/c1-3-29-8-9-30(11-17(29)31)21(32)19-15(10-26)34-20(28-19)13-4-6-14(33-2)18-12(13)5-7-16(27-18)22(23,24)25/h4-7H,3,8-11,26H2,1-2H3. The number of fused-ring (bicyclic) bond motifs is 1. The Hall–Kier alpha value is -3.67. The van der Waals surface area contributed by atoms with E-state index in [4.69, 9.17) is 14.9 Å². The van der Waals surface area contributed by atoms with Crippen LogP contribution in [0.3, 0.4) is 0 Å². The number of pyridine rings is 1. The molecule has 0 radical (unpaired) electrons. The molecule has 4 rings (SSSR count). The number of carbonyl (C=O) groups excluding carboxylic acids is 2. The number of nitrogens with zero attached hydrogens (tertiary/aromatic N) is 4. The number of piperazine rings is 1. The van der Waals surface area contributed by atoms with Crippen molar-refractivity contribution in [2.75, 3.05) is 33.3 Å². The predicted octanol–water partition coefficient (Wildman–Crippen LogP) is 2.68. The number of hydrogen-bond acceptors (Lipinski definition) is 7. The Morgan fingerprint density at radius 3 is 2.59 bits per heavy atom. The third kappa shape index (κ3) is 4.16. The minimum atomic E-state index is -4.64. The molecule has 0 spiro atoms. The monoisotopic (exact) mass is 477 g/mol. The fourth-order valence-corrected chi connectivity index (χ4v) is 3.84. The van der Waals surface area contributed by atoms with Gasteiger partial charge in [-0.15, -0.1) is 0 Å². The van der Waals surface area contributed by atoms with E-state index in [1.165, 1.54) is 24.1 Å². The molecule has 2 aromatic heterocycles. The predicted molar refractivity (Wildman–Crippen MR) is 115 cm³/mol. The number of methoxy groups -OCH3 is 1. The van der Waals surface area contributed by atoms with Gasteiger partial charge in [-0.1, -0.05) is 0 Å². The Bertz CT molecular complexity index is 1260. The highest BCUT2D eigenvalue weighted by atomic mass is 19.4. The molecule has 12 heteroatoms. The molecule has 34 heavy (non-hydrogen) atoms. The number of ether oxygens (including phenoxy) is 1. The van der Waals surface area contributed by atoms with E-state index in [-0.39, 0.29) is 47.6 Å². The minimum absolute atomic E-state index is 0.00321. The lowest BCUT2D eigenvalue weighted by Crippen LogP contribution is -2.52. The van der Waals surface area contributed by atoms with Gasteiger partial charge in [0.15, 0.2) is 11.5 Å². The van der Waals surface area contributed by atoms with Gasteiger partial charge in [-0.2, -0.15) is 13.2 Å². The number of rotatable bonds is 5. The van der Waals surface area contributed by atoms with Crippen molar-refractivity contribution < 1.29 is 31.9 Å². The molecular weight excluding hydrogens is 455 g/mol. The summed E-state index contributed by atoms with van der Waals surface area (Å²) < 4.78 is 50.5. The van der Waals surface area contributed by atoms with Crippen LogP contribution in [0.5, 0.6) is 5.75 Å². The van der Waals surface area contributed by atoms with Crippen LogP contribution in [0.2, 0.25) is 0 Å². The number of likely N-dealkylation sites (N-methyl/N-ethyl adjacent to an activating group) is 1. The second kappa shape index (κ2) is 8.93. The minimum Gasteiger partial charge on any atom is -0.494 e. The van der Waals surface area contributed by atoms with Crippen molar-refractivity contribution in [1.29, 1.82) is 0 Å². The van der Waals surface area contributed by atoms with Gasteiger partial charge in [0.05, 0.1) is 13.7 Å². The maximum atomic E-state index is 13.2. The molecule has 2 N–H and O–H groups in total. The number of alkyl halides is 3. The van der Waals surface area contributed by atoms with Crippen molar-refractivity contribution >= 4 is 22.7 Å². The van der Waals surface area contributed by atoms with E-state index in [1.54, 1.807) is 11.0 Å². The molecule has 2 amide bonds. The molecule has 1 aliphatic rings. The zero-order chi connectivity index (χ0) is 24.6. The van der Waals surface area contributed by atoms with Gasteiger partial charge >= 0.3 is 6.18 Å². The van der Waals surface area contributed by atoms with E-state index in [1.807, 2.05) is 6.92 Å². The maximum Gasteiger partial charge on any atom is 0.433 e. The van der Waals surface area contributed by atoms with Crippen LogP contribution in [-0.4, -0.2) is 64.9 Å². The normalized spacial score (nSPS) is 14.7. The summed E-state index contributed by atoms with van der Waals surface area (Å²) in [6.07, 6.45) is -4.64. The largest absolute Gasteiger partial charge is 0.494 e. The molecule has 0 bridgehead atoms. The first-order valence-electron chi connectivity index (χ1n) is 10.5. The van der Waals surface area contributed by atoms with E-state index in [0.717, 1.165) is 6.07 Å². The Morgan fingerprint density at radius 1 is 1.21 bits per heavy atom. The number of oxazole rings is 1. The number of halogens is 3. The zero-order valence-electron chi connectivity index (χ0n) is 18.5. The highest BCUT2D eigenvalue weighted by Gasteiger charge is 2.34. The summed E-state index contributed by atoms with van der Waals surface area (Å²) >= 11 is 0. The summed E-state index contributed by atoms with van der Waals surface area (Å²) in [5.41, 5.74) is 4.94. The molecule has 1 aliphatic heterocycles. The first kappa shape index (κ1) is 23.5. The summed E-state index contributed by atoms with van der Waals surface area (Å²) in [7, 11) is 1.32. The number of nitrogens with two attached hydrogens (primary N) is 1. The molecule has 3 aromatic rings. The van der Waals surface area contributed by atoms with Crippen molar-refractivity contribution in [3.63, 3.8) is 0 Å². The summed E-state index contributed by atoms with van der Waals surface area (Å²) in [6, 6.07) is 5.10. The van der Waals surface area contributed by atoms with Gasteiger partial charge in [-0.3, -0.25) is 9.59 Å². The number of carbonyl (C=O) groups is 2. The molecule has 1 aromatic carbocycles. The van der Waals surface area contributed by atoms with Gasteiger partial charge in [-0.05, 0) is 31.2 Å². The third-order valence-corrected chi connectivity index (χ3v) is 5.63. The quantitative estimate of drug-likeness (QED) is 0.601. The van der Waals surface area contributed by atoms with Crippen molar-refractivity contribution in [3.05, 3.63) is 41.4 Å². The van der Waals surface area contributed by atoms with Crippen LogP contribution < -0.4 is 10.5 Å². The average Bonchev–Trinajstić information content (AvgIpc) is 3.26. The molecule has 0 atom stereocenters. The maximum absolute atomic E-state index is 13.2. The van der Waals surface area contributed by atoms with E-state index >= 15 is 0 Å². The highest BCUT2D eigenvalue weighted by Crippen LogP contribution is 2.37. The van der Waals surface area contributed by atoms with Gasteiger partial charge in [0.2, 0.25) is 11.8 Å². The Kier molecular flexibility index (Phi) is 6.17. The van der Waals surface area contributed by atoms with E-state index < -0.39 is 17.8 Å². The molecule has 180 valence electrons. The summed E-state index contributed by atoms with van der Waals surface area (Å²) in [5, 5.41) is 0.294. The van der Waals surface area contributed by atoms with Crippen molar-refractivity contribution in [3.8, 4) is 17.2 Å². The molecule has 9 nitrogen and oxygen atoms in total. The van der Waals surface area contributed by atoms with Gasteiger partial charge in [0.25, 0.3) is 5.91 Å². The van der Waals surface area contributed by atoms with Crippen LogP contribution in [0.15, 0.2) is 28.7 Å². The number of benzene rings is 1. The third-order valence-electron chi connectivity index (χ3n) is 5.63. The summed E-state index contributed by atoms with van der Waals surface area (Å²) in [5.74, 6) is -0.438. The molecule has 1 saturated heterocycles. The lowest BCUT2D eigenvalue weighted by atomic mass is 10.1.